The molecule has 2 rings (SSSR count). The molecule has 96 valence electrons. The predicted octanol–water partition coefficient (Wildman–Crippen LogP) is 2.71. The Morgan fingerprint density at radius 3 is 2.83 bits per heavy atom. The van der Waals surface area contributed by atoms with E-state index >= 15 is 0 Å². The van der Waals surface area contributed by atoms with Crippen LogP contribution in [0.25, 0.3) is 0 Å². The van der Waals surface area contributed by atoms with Gasteiger partial charge >= 0.3 is 0 Å². The number of halogens is 1. The van der Waals surface area contributed by atoms with Gasteiger partial charge in [-0.25, -0.2) is 4.98 Å². The Kier molecular flexibility index (Phi) is 3.89. The molecule has 0 radical (unpaired) electrons. The Hall–Kier alpha value is -1.52. The minimum Gasteiger partial charge on any atom is -0.486 e. The van der Waals surface area contributed by atoms with Crippen LogP contribution in [0.1, 0.15) is 24.3 Å². The zero-order chi connectivity index (χ0) is 13.1. The average Bonchev–Trinajstić information content (AvgIpc) is 2.73. The maximum absolute atomic E-state index is 9.44. The van der Waals surface area contributed by atoms with Crippen molar-refractivity contribution in [3.8, 4) is 5.75 Å². The summed E-state index contributed by atoms with van der Waals surface area (Å²) in [6.07, 6.45) is 2.93. The first kappa shape index (κ1) is 12.9. The number of aliphatic hydroxyl groups excluding tert-OH is 1. The fourth-order valence-corrected chi connectivity index (χ4v) is 1.81. The van der Waals surface area contributed by atoms with E-state index in [0.717, 1.165) is 11.3 Å². The highest BCUT2D eigenvalue weighted by Gasteiger charge is 2.07. The van der Waals surface area contributed by atoms with Gasteiger partial charge in [0, 0.05) is 7.05 Å². The van der Waals surface area contributed by atoms with Crippen LogP contribution < -0.4 is 4.74 Å². The van der Waals surface area contributed by atoms with Crippen LogP contribution in [-0.2, 0) is 13.7 Å². The Morgan fingerprint density at radius 2 is 2.28 bits per heavy atom. The third kappa shape index (κ3) is 2.83. The molecular formula is C13H15ClN2O2. The number of ether oxygens (including phenoxy) is 1. The molecule has 2 aromatic rings. The van der Waals surface area contributed by atoms with Crippen LogP contribution >= 0.6 is 11.6 Å². The molecule has 0 aliphatic carbocycles. The number of aliphatic hydroxyl groups is 1. The number of hydrogen-bond donors (Lipinski definition) is 1. The lowest BCUT2D eigenvalue weighted by Gasteiger charge is -2.11. The first-order chi connectivity index (χ1) is 8.58. The van der Waals surface area contributed by atoms with Crippen LogP contribution in [0.3, 0.4) is 0 Å². The average molecular weight is 267 g/mol. The first-order valence-electron chi connectivity index (χ1n) is 5.63. The molecule has 18 heavy (non-hydrogen) atoms. The van der Waals surface area contributed by atoms with Gasteiger partial charge in [0.1, 0.15) is 12.4 Å². The molecule has 5 heteroatoms. The van der Waals surface area contributed by atoms with Crippen molar-refractivity contribution in [3.63, 3.8) is 0 Å². The molecule has 0 saturated heterocycles. The highest BCUT2D eigenvalue weighted by molar-refractivity contribution is 6.32. The van der Waals surface area contributed by atoms with Gasteiger partial charge in [0.05, 0.1) is 29.3 Å². The minimum absolute atomic E-state index is 0.407. The molecule has 1 heterocycles. The van der Waals surface area contributed by atoms with E-state index in [1.54, 1.807) is 37.6 Å². The van der Waals surface area contributed by atoms with E-state index in [2.05, 4.69) is 4.98 Å². The quantitative estimate of drug-likeness (QED) is 0.926. The molecule has 0 amide bonds. The zero-order valence-corrected chi connectivity index (χ0v) is 11.1. The van der Waals surface area contributed by atoms with Gasteiger partial charge in [0.2, 0.25) is 0 Å². The van der Waals surface area contributed by atoms with E-state index in [9.17, 15) is 5.11 Å². The molecule has 1 aromatic heterocycles. The minimum atomic E-state index is -0.534. The smallest absolute Gasteiger partial charge is 0.138 e. The highest BCUT2D eigenvalue weighted by Crippen LogP contribution is 2.28. The standard InChI is InChI=1S/C13H15ClN2O2/c1-9(17)10-3-4-13(12(14)5-10)18-7-11-6-15-8-16(11)2/h3-6,8-9,17H,7H2,1-2H3. The van der Waals surface area contributed by atoms with Crippen molar-refractivity contribution >= 4 is 11.6 Å². The van der Waals surface area contributed by atoms with Gasteiger partial charge in [-0.05, 0) is 24.6 Å². The summed E-state index contributed by atoms with van der Waals surface area (Å²) in [5.74, 6) is 0.599. The Bertz CT molecular complexity index is 538. The molecule has 0 fully saturated rings. The van der Waals surface area contributed by atoms with E-state index < -0.39 is 6.10 Å². The second-order valence-electron chi connectivity index (χ2n) is 4.15. The SMILES string of the molecule is CC(O)c1ccc(OCc2cncn2C)c(Cl)c1. The van der Waals surface area contributed by atoms with Crippen LogP contribution in [0.2, 0.25) is 5.02 Å². The van der Waals surface area contributed by atoms with Gasteiger partial charge in [0.15, 0.2) is 0 Å². The number of benzene rings is 1. The topological polar surface area (TPSA) is 47.3 Å². The number of aromatic nitrogens is 2. The molecule has 1 atom stereocenters. The van der Waals surface area contributed by atoms with Gasteiger partial charge in [-0.2, -0.15) is 0 Å². The summed E-state index contributed by atoms with van der Waals surface area (Å²) >= 11 is 6.09. The van der Waals surface area contributed by atoms with Gasteiger partial charge in [0.25, 0.3) is 0 Å². The summed E-state index contributed by atoms with van der Waals surface area (Å²) in [6, 6.07) is 5.28. The van der Waals surface area contributed by atoms with Crippen molar-refractivity contribution in [1.82, 2.24) is 9.55 Å². The maximum Gasteiger partial charge on any atom is 0.138 e. The Balaban J connectivity index is 2.08. The Morgan fingerprint density at radius 1 is 1.50 bits per heavy atom. The van der Waals surface area contributed by atoms with E-state index in [1.165, 1.54) is 0 Å². The lowest BCUT2D eigenvalue weighted by Crippen LogP contribution is -2.01. The number of aryl methyl sites for hydroxylation is 1. The molecule has 1 aromatic carbocycles. The fraction of sp³-hybridized carbons (Fsp3) is 0.308. The lowest BCUT2D eigenvalue weighted by atomic mass is 10.1. The van der Waals surface area contributed by atoms with Gasteiger partial charge in [-0.3, -0.25) is 0 Å². The van der Waals surface area contributed by atoms with Crippen LogP contribution in [0, 0.1) is 0 Å². The third-order valence-corrected chi connectivity index (χ3v) is 3.03. The van der Waals surface area contributed by atoms with Gasteiger partial charge in [-0.15, -0.1) is 0 Å². The van der Waals surface area contributed by atoms with Crippen molar-refractivity contribution in [2.45, 2.75) is 19.6 Å². The summed E-state index contributed by atoms with van der Waals surface area (Å²) < 4.78 is 7.51. The van der Waals surface area contributed by atoms with Crippen molar-refractivity contribution in [1.29, 1.82) is 0 Å². The highest BCUT2D eigenvalue weighted by atomic mass is 35.5. The lowest BCUT2D eigenvalue weighted by molar-refractivity contribution is 0.199. The van der Waals surface area contributed by atoms with Gasteiger partial charge < -0.3 is 14.4 Å². The van der Waals surface area contributed by atoms with E-state index in [1.807, 2.05) is 11.6 Å². The third-order valence-electron chi connectivity index (χ3n) is 2.73. The van der Waals surface area contributed by atoms with Crippen LogP contribution in [0.15, 0.2) is 30.7 Å². The molecule has 1 N–H and O–H groups in total. The molecule has 1 unspecified atom stereocenters. The molecular weight excluding hydrogens is 252 g/mol. The molecule has 0 aliphatic rings. The van der Waals surface area contributed by atoms with E-state index in [4.69, 9.17) is 16.3 Å². The summed E-state index contributed by atoms with van der Waals surface area (Å²) in [4.78, 5) is 4.01. The second kappa shape index (κ2) is 5.42. The monoisotopic (exact) mass is 266 g/mol. The molecule has 0 bridgehead atoms. The number of nitrogens with zero attached hydrogens (tertiary/aromatic N) is 2. The molecule has 0 saturated carbocycles. The number of imidazole rings is 1. The number of hydrogen-bond acceptors (Lipinski definition) is 3. The van der Waals surface area contributed by atoms with E-state index in [-0.39, 0.29) is 0 Å². The summed E-state index contributed by atoms with van der Waals surface area (Å²) in [5, 5.41) is 9.94. The van der Waals surface area contributed by atoms with Crippen LogP contribution in [-0.4, -0.2) is 14.7 Å². The molecule has 0 aliphatic heterocycles. The van der Waals surface area contributed by atoms with Gasteiger partial charge in [-0.1, -0.05) is 17.7 Å². The zero-order valence-electron chi connectivity index (χ0n) is 10.3. The summed E-state index contributed by atoms with van der Waals surface area (Å²) in [6.45, 7) is 2.10. The molecule has 4 nitrogen and oxygen atoms in total. The van der Waals surface area contributed by atoms with Crippen molar-refractivity contribution in [3.05, 3.63) is 47.0 Å². The predicted molar refractivity (Wildman–Crippen MR) is 69.6 cm³/mol. The largest absolute Gasteiger partial charge is 0.486 e. The fourth-order valence-electron chi connectivity index (χ4n) is 1.57. The molecule has 0 spiro atoms. The van der Waals surface area contributed by atoms with Crippen LogP contribution in [0.4, 0.5) is 0 Å². The van der Waals surface area contributed by atoms with Crippen molar-refractivity contribution in [2.75, 3.05) is 0 Å². The van der Waals surface area contributed by atoms with Crippen LogP contribution in [0.5, 0.6) is 5.75 Å². The summed E-state index contributed by atoms with van der Waals surface area (Å²) in [7, 11) is 1.91. The second-order valence-corrected chi connectivity index (χ2v) is 4.56. The first-order valence-corrected chi connectivity index (χ1v) is 6.01. The Labute approximate surface area is 111 Å². The van der Waals surface area contributed by atoms with Crippen molar-refractivity contribution < 1.29 is 9.84 Å². The van der Waals surface area contributed by atoms with E-state index in [0.29, 0.717) is 17.4 Å². The number of rotatable bonds is 4. The van der Waals surface area contributed by atoms with Crippen molar-refractivity contribution in [2.24, 2.45) is 7.05 Å². The summed E-state index contributed by atoms with van der Waals surface area (Å²) in [5.41, 5.74) is 1.73. The normalized spacial score (nSPS) is 12.4. The maximum atomic E-state index is 9.44.